The van der Waals surface area contributed by atoms with Crippen molar-refractivity contribution in [1.29, 1.82) is 0 Å². The topological polar surface area (TPSA) is 24.9 Å². The summed E-state index contributed by atoms with van der Waals surface area (Å²) in [5.74, 6) is -3.74. The molecule has 0 bridgehead atoms. The van der Waals surface area contributed by atoms with Crippen LogP contribution in [-0.4, -0.2) is 11.5 Å². The highest BCUT2D eigenvalue weighted by atomic mass is 32.1. The molecule has 0 saturated carbocycles. The summed E-state index contributed by atoms with van der Waals surface area (Å²) in [6.45, 7) is 0.412. The lowest BCUT2D eigenvalue weighted by atomic mass is 10.3. The van der Waals surface area contributed by atoms with Crippen LogP contribution in [0.25, 0.3) is 0 Å². The number of anilines is 1. The number of hydrogen-bond donors (Lipinski definition) is 1. The molecule has 0 saturated heterocycles. The van der Waals surface area contributed by atoms with Gasteiger partial charge in [-0.25, -0.2) is 8.78 Å². The van der Waals surface area contributed by atoms with Crippen LogP contribution in [0.4, 0.5) is 19.0 Å². The summed E-state index contributed by atoms with van der Waals surface area (Å²) in [5, 5.41) is 4.57. The third-order valence-electron chi connectivity index (χ3n) is 2.13. The van der Waals surface area contributed by atoms with Gasteiger partial charge in [0.2, 0.25) is 0 Å². The van der Waals surface area contributed by atoms with Crippen molar-refractivity contribution in [2.24, 2.45) is 0 Å². The van der Waals surface area contributed by atoms with Crippen molar-refractivity contribution in [2.75, 3.05) is 11.9 Å². The van der Waals surface area contributed by atoms with E-state index in [9.17, 15) is 13.2 Å². The molecule has 0 unspecified atom stereocenters. The zero-order valence-corrected chi connectivity index (χ0v) is 9.53. The first kappa shape index (κ1) is 11.9. The minimum atomic E-state index is -1.30. The Labute approximate surface area is 100 Å². The molecule has 0 aliphatic rings. The molecule has 2 aromatic heterocycles. The van der Waals surface area contributed by atoms with Gasteiger partial charge < -0.3 is 5.32 Å². The predicted molar refractivity (Wildman–Crippen MR) is 60.6 cm³/mol. The highest BCUT2D eigenvalue weighted by Gasteiger charge is 2.10. The van der Waals surface area contributed by atoms with E-state index in [2.05, 4.69) is 10.3 Å². The molecular formula is C11H9F3N2S. The van der Waals surface area contributed by atoms with Crippen molar-refractivity contribution < 1.29 is 13.2 Å². The van der Waals surface area contributed by atoms with Crippen LogP contribution >= 0.6 is 11.3 Å². The van der Waals surface area contributed by atoms with E-state index < -0.39 is 17.6 Å². The zero-order valence-electron chi connectivity index (χ0n) is 8.71. The molecule has 0 aromatic carbocycles. The van der Waals surface area contributed by atoms with Gasteiger partial charge in [-0.1, -0.05) is 6.07 Å². The number of rotatable bonds is 4. The molecule has 6 heteroatoms. The summed E-state index contributed by atoms with van der Waals surface area (Å²) >= 11 is 1.58. The van der Waals surface area contributed by atoms with E-state index >= 15 is 0 Å². The van der Waals surface area contributed by atoms with E-state index in [1.54, 1.807) is 11.3 Å². The highest BCUT2D eigenvalue weighted by Crippen LogP contribution is 2.15. The number of pyridine rings is 1. The van der Waals surface area contributed by atoms with Crippen molar-refractivity contribution in [3.8, 4) is 0 Å². The second-order valence-electron chi connectivity index (χ2n) is 3.35. The molecule has 0 aliphatic carbocycles. The van der Waals surface area contributed by atoms with Crippen LogP contribution in [0.1, 0.15) is 4.88 Å². The van der Waals surface area contributed by atoms with E-state index in [0.717, 1.165) is 4.88 Å². The van der Waals surface area contributed by atoms with Crippen LogP contribution in [0.3, 0.4) is 0 Å². The van der Waals surface area contributed by atoms with Crippen LogP contribution in [0.15, 0.2) is 23.6 Å². The van der Waals surface area contributed by atoms with Gasteiger partial charge in [0.05, 0.1) is 0 Å². The van der Waals surface area contributed by atoms with E-state index in [4.69, 9.17) is 0 Å². The number of thiophene rings is 1. The van der Waals surface area contributed by atoms with Gasteiger partial charge in [-0.2, -0.15) is 9.37 Å². The number of nitrogens with zero attached hydrogens (tertiary/aromatic N) is 1. The number of nitrogens with one attached hydrogen (secondary N) is 1. The van der Waals surface area contributed by atoms with Gasteiger partial charge >= 0.3 is 0 Å². The van der Waals surface area contributed by atoms with Crippen molar-refractivity contribution >= 4 is 17.2 Å². The molecule has 0 radical (unpaired) electrons. The van der Waals surface area contributed by atoms with E-state index in [1.165, 1.54) is 0 Å². The quantitative estimate of drug-likeness (QED) is 0.852. The van der Waals surface area contributed by atoms with Gasteiger partial charge in [0.1, 0.15) is 0 Å². The average molecular weight is 258 g/mol. The monoisotopic (exact) mass is 258 g/mol. The first-order valence-corrected chi connectivity index (χ1v) is 5.82. The first-order valence-electron chi connectivity index (χ1n) is 4.94. The number of halogens is 3. The Kier molecular flexibility index (Phi) is 3.63. The fraction of sp³-hybridized carbons (Fsp3) is 0.182. The molecule has 2 aromatic rings. The second kappa shape index (κ2) is 5.18. The zero-order chi connectivity index (χ0) is 12.3. The summed E-state index contributed by atoms with van der Waals surface area (Å²) < 4.78 is 38.5. The highest BCUT2D eigenvalue weighted by molar-refractivity contribution is 7.09. The summed E-state index contributed by atoms with van der Waals surface area (Å²) in [6, 6.07) is 4.34. The standard InChI is InChI=1S/C11H9F3N2S/c12-8-6-9(13)11(16-10(8)14)15-4-3-7-2-1-5-17-7/h1-2,5-6H,3-4H2,(H,15,16). The molecule has 17 heavy (non-hydrogen) atoms. The lowest BCUT2D eigenvalue weighted by molar-refractivity contribution is 0.466. The SMILES string of the molecule is Fc1cc(F)c(NCCc2cccs2)nc1F. The van der Waals surface area contributed by atoms with Crippen LogP contribution in [0, 0.1) is 17.6 Å². The molecule has 0 amide bonds. The maximum absolute atomic E-state index is 13.2. The Morgan fingerprint density at radius 1 is 1.24 bits per heavy atom. The largest absolute Gasteiger partial charge is 0.367 e. The molecule has 1 N–H and O–H groups in total. The summed E-state index contributed by atoms with van der Waals surface area (Å²) in [4.78, 5) is 4.29. The van der Waals surface area contributed by atoms with Crippen molar-refractivity contribution in [2.45, 2.75) is 6.42 Å². The van der Waals surface area contributed by atoms with Crippen molar-refractivity contribution in [3.05, 3.63) is 46.0 Å². The van der Waals surface area contributed by atoms with E-state index in [-0.39, 0.29) is 5.82 Å². The van der Waals surface area contributed by atoms with Crippen molar-refractivity contribution in [1.82, 2.24) is 4.98 Å². The molecule has 2 nitrogen and oxygen atoms in total. The molecular weight excluding hydrogens is 249 g/mol. The van der Waals surface area contributed by atoms with Crippen molar-refractivity contribution in [3.63, 3.8) is 0 Å². The Morgan fingerprint density at radius 2 is 2.06 bits per heavy atom. The number of hydrogen-bond acceptors (Lipinski definition) is 3. The summed E-state index contributed by atoms with van der Waals surface area (Å²) in [6.07, 6.45) is 0.678. The molecule has 0 atom stereocenters. The van der Waals surface area contributed by atoms with Gasteiger partial charge in [-0.3, -0.25) is 0 Å². The molecule has 0 spiro atoms. The molecule has 0 fully saturated rings. The van der Waals surface area contributed by atoms with E-state index in [1.807, 2.05) is 17.5 Å². The maximum atomic E-state index is 13.2. The predicted octanol–water partition coefficient (Wildman–Crippen LogP) is 3.22. The molecule has 2 rings (SSSR count). The average Bonchev–Trinajstić information content (AvgIpc) is 2.78. The smallest absolute Gasteiger partial charge is 0.251 e. The fourth-order valence-electron chi connectivity index (χ4n) is 1.33. The molecule has 2 heterocycles. The van der Waals surface area contributed by atoms with E-state index in [0.29, 0.717) is 19.0 Å². The normalized spacial score (nSPS) is 10.5. The molecule has 90 valence electrons. The lowest BCUT2D eigenvalue weighted by Crippen LogP contribution is -2.09. The third-order valence-corrected chi connectivity index (χ3v) is 3.07. The summed E-state index contributed by atoms with van der Waals surface area (Å²) in [7, 11) is 0. The lowest BCUT2D eigenvalue weighted by Gasteiger charge is -2.05. The minimum Gasteiger partial charge on any atom is -0.367 e. The Balaban J connectivity index is 1.97. The second-order valence-corrected chi connectivity index (χ2v) is 4.38. The maximum Gasteiger partial charge on any atom is 0.251 e. The molecule has 0 aliphatic heterocycles. The van der Waals surface area contributed by atoms with Crippen LogP contribution in [-0.2, 0) is 6.42 Å². The summed E-state index contributed by atoms with van der Waals surface area (Å²) in [5.41, 5.74) is 0. The van der Waals surface area contributed by atoms with Gasteiger partial charge in [0.25, 0.3) is 5.95 Å². The number of aromatic nitrogens is 1. The van der Waals surface area contributed by atoms with Gasteiger partial charge in [0, 0.05) is 17.5 Å². The Hall–Kier alpha value is -1.56. The Morgan fingerprint density at radius 3 is 2.76 bits per heavy atom. The van der Waals surface area contributed by atoms with Crippen LogP contribution in [0.2, 0.25) is 0 Å². The third kappa shape index (κ3) is 2.97. The van der Waals surface area contributed by atoms with Crippen LogP contribution in [0.5, 0.6) is 0 Å². The van der Waals surface area contributed by atoms with Gasteiger partial charge in [-0.15, -0.1) is 11.3 Å². The van der Waals surface area contributed by atoms with Gasteiger partial charge in [0.15, 0.2) is 17.5 Å². The Bertz CT molecular complexity index is 500. The minimum absolute atomic E-state index is 0.263. The fourth-order valence-corrected chi connectivity index (χ4v) is 2.04. The van der Waals surface area contributed by atoms with Crippen LogP contribution < -0.4 is 5.32 Å². The first-order chi connectivity index (χ1) is 8.16. The van der Waals surface area contributed by atoms with Gasteiger partial charge in [-0.05, 0) is 17.9 Å².